The summed E-state index contributed by atoms with van der Waals surface area (Å²) < 4.78 is 0. The van der Waals surface area contributed by atoms with E-state index in [4.69, 9.17) is 4.98 Å². The Bertz CT molecular complexity index is 346. The minimum absolute atomic E-state index is 0.342. The highest BCUT2D eigenvalue weighted by molar-refractivity contribution is 7.13. The van der Waals surface area contributed by atoms with Gasteiger partial charge in [0.1, 0.15) is 0 Å². The first-order valence-electron chi connectivity index (χ1n) is 5.99. The van der Waals surface area contributed by atoms with Crippen LogP contribution in [0, 0.1) is 5.92 Å². The number of nitrogens with one attached hydrogen (secondary N) is 1. The van der Waals surface area contributed by atoms with Crippen molar-refractivity contribution in [3.05, 3.63) is 11.1 Å². The van der Waals surface area contributed by atoms with E-state index in [1.165, 1.54) is 12.8 Å². The van der Waals surface area contributed by atoms with Gasteiger partial charge in [0.2, 0.25) is 0 Å². The third-order valence-electron chi connectivity index (χ3n) is 3.60. The average molecular weight is 239 g/mol. The molecule has 0 aromatic carbocycles. The minimum atomic E-state index is 0.342. The summed E-state index contributed by atoms with van der Waals surface area (Å²) in [4.78, 5) is 7.02. The van der Waals surface area contributed by atoms with Gasteiger partial charge in [-0.2, -0.15) is 0 Å². The average Bonchev–Trinajstić information content (AvgIpc) is 3.03. The standard InChI is InChI=1S/C12H21N3S/c1-8(13-3)11-7-16-12(14-11)15(4)9(2)10-5-6-10/h7-10,13H,5-6H2,1-4H3. The van der Waals surface area contributed by atoms with Gasteiger partial charge in [0.05, 0.1) is 5.69 Å². The fourth-order valence-electron chi connectivity index (χ4n) is 1.85. The van der Waals surface area contributed by atoms with Gasteiger partial charge >= 0.3 is 0 Å². The lowest BCUT2D eigenvalue weighted by molar-refractivity contribution is 0.602. The van der Waals surface area contributed by atoms with Crippen LogP contribution in [0.15, 0.2) is 5.38 Å². The molecule has 1 N–H and O–H groups in total. The molecule has 0 bridgehead atoms. The van der Waals surface area contributed by atoms with Gasteiger partial charge in [-0.05, 0) is 39.7 Å². The van der Waals surface area contributed by atoms with E-state index >= 15 is 0 Å². The predicted molar refractivity (Wildman–Crippen MR) is 70.2 cm³/mol. The molecule has 2 unspecified atom stereocenters. The van der Waals surface area contributed by atoms with Crippen molar-refractivity contribution >= 4 is 16.5 Å². The van der Waals surface area contributed by atoms with E-state index in [9.17, 15) is 0 Å². The number of thiazole rings is 1. The van der Waals surface area contributed by atoms with Gasteiger partial charge in [0, 0.05) is 24.5 Å². The van der Waals surface area contributed by atoms with Crippen LogP contribution in [0.25, 0.3) is 0 Å². The van der Waals surface area contributed by atoms with Gasteiger partial charge in [-0.3, -0.25) is 0 Å². The molecule has 1 aliphatic rings. The summed E-state index contributed by atoms with van der Waals surface area (Å²) in [6.07, 6.45) is 2.77. The van der Waals surface area contributed by atoms with Gasteiger partial charge in [-0.15, -0.1) is 11.3 Å². The van der Waals surface area contributed by atoms with Crippen LogP contribution >= 0.6 is 11.3 Å². The quantitative estimate of drug-likeness (QED) is 0.856. The summed E-state index contributed by atoms with van der Waals surface area (Å²) in [5, 5.41) is 6.53. The van der Waals surface area contributed by atoms with E-state index in [1.807, 2.05) is 7.05 Å². The van der Waals surface area contributed by atoms with E-state index in [2.05, 4.69) is 36.5 Å². The van der Waals surface area contributed by atoms with Crippen molar-refractivity contribution in [1.82, 2.24) is 10.3 Å². The zero-order valence-electron chi connectivity index (χ0n) is 10.5. The van der Waals surface area contributed by atoms with Gasteiger partial charge < -0.3 is 10.2 Å². The normalized spacial score (nSPS) is 19.5. The van der Waals surface area contributed by atoms with E-state index in [0.717, 1.165) is 16.7 Å². The Balaban J connectivity index is 2.05. The zero-order chi connectivity index (χ0) is 11.7. The first-order chi connectivity index (χ1) is 7.63. The van der Waals surface area contributed by atoms with Crippen molar-refractivity contribution in [1.29, 1.82) is 0 Å². The van der Waals surface area contributed by atoms with Crippen molar-refractivity contribution in [3.63, 3.8) is 0 Å². The minimum Gasteiger partial charge on any atom is -0.348 e. The molecule has 0 spiro atoms. The number of rotatable bonds is 5. The Morgan fingerprint density at radius 2 is 2.19 bits per heavy atom. The van der Waals surface area contributed by atoms with Crippen molar-refractivity contribution < 1.29 is 0 Å². The highest BCUT2D eigenvalue weighted by Crippen LogP contribution is 2.37. The van der Waals surface area contributed by atoms with Crippen LogP contribution in [0.2, 0.25) is 0 Å². The smallest absolute Gasteiger partial charge is 0.185 e. The number of hydrogen-bond donors (Lipinski definition) is 1. The third-order valence-corrected chi connectivity index (χ3v) is 4.55. The molecule has 1 fully saturated rings. The van der Waals surface area contributed by atoms with Gasteiger partial charge in [-0.25, -0.2) is 4.98 Å². The van der Waals surface area contributed by atoms with Gasteiger partial charge in [0.15, 0.2) is 5.13 Å². The van der Waals surface area contributed by atoms with Crippen molar-refractivity contribution in [2.24, 2.45) is 5.92 Å². The van der Waals surface area contributed by atoms with Crippen molar-refractivity contribution in [3.8, 4) is 0 Å². The SMILES string of the molecule is CNC(C)c1csc(N(C)C(C)C2CC2)n1. The molecule has 0 radical (unpaired) electrons. The molecule has 90 valence electrons. The van der Waals surface area contributed by atoms with Crippen LogP contribution in [0.4, 0.5) is 5.13 Å². The van der Waals surface area contributed by atoms with Crippen LogP contribution < -0.4 is 10.2 Å². The molecule has 1 heterocycles. The summed E-state index contributed by atoms with van der Waals surface area (Å²) in [7, 11) is 4.13. The Morgan fingerprint density at radius 3 is 2.75 bits per heavy atom. The van der Waals surface area contributed by atoms with Crippen molar-refractivity contribution in [2.75, 3.05) is 19.0 Å². The lowest BCUT2D eigenvalue weighted by Gasteiger charge is -2.24. The van der Waals surface area contributed by atoms with E-state index in [1.54, 1.807) is 11.3 Å². The van der Waals surface area contributed by atoms with Crippen LogP contribution in [0.1, 0.15) is 38.4 Å². The predicted octanol–water partition coefficient (Wildman–Crippen LogP) is 2.66. The Morgan fingerprint density at radius 1 is 1.50 bits per heavy atom. The van der Waals surface area contributed by atoms with E-state index < -0.39 is 0 Å². The molecule has 16 heavy (non-hydrogen) atoms. The van der Waals surface area contributed by atoms with E-state index in [-0.39, 0.29) is 0 Å². The fourth-order valence-corrected chi connectivity index (χ4v) is 2.83. The van der Waals surface area contributed by atoms with Crippen LogP contribution in [-0.2, 0) is 0 Å². The second kappa shape index (κ2) is 4.72. The van der Waals surface area contributed by atoms with E-state index in [0.29, 0.717) is 12.1 Å². The first-order valence-corrected chi connectivity index (χ1v) is 6.87. The molecule has 1 aromatic heterocycles. The molecule has 0 saturated heterocycles. The molecule has 0 amide bonds. The fraction of sp³-hybridized carbons (Fsp3) is 0.750. The van der Waals surface area contributed by atoms with Crippen molar-refractivity contribution in [2.45, 2.75) is 38.8 Å². The highest BCUT2D eigenvalue weighted by atomic mass is 32.1. The molecule has 4 heteroatoms. The zero-order valence-corrected chi connectivity index (χ0v) is 11.3. The number of aromatic nitrogens is 1. The van der Waals surface area contributed by atoms with Crippen LogP contribution in [0.3, 0.4) is 0 Å². The van der Waals surface area contributed by atoms with Crippen LogP contribution in [-0.4, -0.2) is 25.1 Å². The number of hydrogen-bond acceptors (Lipinski definition) is 4. The molecule has 3 nitrogen and oxygen atoms in total. The summed E-state index contributed by atoms with van der Waals surface area (Å²) in [5.74, 6) is 0.888. The van der Waals surface area contributed by atoms with Crippen LogP contribution in [0.5, 0.6) is 0 Å². The topological polar surface area (TPSA) is 28.2 Å². The molecule has 2 rings (SSSR count). The maximum atomic E-state index is 4.69. The molecule has 2 atom stereocenters. The Kier molecular flexibility index (Phi) is 3.50. The molecule has 1 aromatic rings. The van der Waals surface area contributed by atoms with Gasteiger partial charge in [-0.1, -0.05) is 0 Å². The molecule has 1 aliphatic carbocycles. The highest BCUT2D eigenvalue weighted by Gasteiger charge is 2.31. The monoisotopic (exact) mass is 239 g/mol. The lowest BCUT2D eigenvalue weighted by Crippen LogP contribution is -2.30. The molecular weight excluding hydrogens is 218 g/mol. The summed E-state index contributed by atoms with van der Waals surface area (Å²) in [6, 6.07) is 0.971. The summed E-state index contributed by atoms with van der Waals surface area (Å²) in [5.41, 5.74) is 1.15. The Hall–Kier alpha value is -0.610. The largest absolute Gasteiger partial charge is 0.348 e. The van der Waals surface area contributed by atoms with Gasteiger partial charge in [0.25, 0.3) is 0 Å². The molecule has 0 aliphatic heterocycles. The second-order valence-electron chi connectivity index (χ2n) is 4.75. The lowest BCUT2D eigenvalue weighted by atomic mass is 10.2. The molecule has 1 saturated carbocycles. The Labute approximate surface area is 102 Å². The molecular formula is C12H21N3S. The first kappa shape index (κ1) is 11.9. The number of anilines is 1. The summed E-state index contributed by atoms with van der Waals surface area (Å²) >= 11 is 1.75. The summed E-state index contributed by atoms with van der Waals surface area (Å²) in [6.45, 7) is 4.45. The second-order valence-corrected chi connectivity index (χ2v) is 5.59. The number of nitrogens with zero attached hydrogens (tertiary/aromatic N) is 2. The maximum Gasteiger partial charge on any atom is 0.185 e. The third kappa shape index (κ3) is 2.38. The maximum absolute atomic E-state index is 4.69.